The number of carbonyl (C=O) groups is 2. The Morgan fingerprint density at radius 1 is 0.879 bits per heavy atom. The summed E-state index contributed by atoms with van der Waals surface area (Å²) in [6.07, 6.45) is 5.33. The predicted molar refractivity (Wildman–Crippen MR) is 221 cm³/mol. The summed E-state index contributed by atoms with van der Waals surface area (Å²) in [5, 5.41) is 9.83. The molecule has 0 spiro atoms. The molecule has 4 N–H and O–H groups in total. The lowest BCUT2D eigenvalue weighted by atomic mass is 9.90. The fourth-order valence-electron chi connectivity index (χ4n) is 8.77. The molecule has 5 aromatic rings. The van der Waals surface area contributed by atoms with Gasteiger partial charge in [0.25, 0.3) is 11.8 Å². The minimum atomic E-state index is -0.628. The van der Waals surface area contributed by atoms with Crippen LogP contribution in [0.2, 0.25) is 0 Å². The van der Waals surface area contributed by atoms with Crippen LogP contribution in [0.4, 0.5) is 4.39 Å². The molecule has 12 nitrogen and oxygen atoms in total. The number of rotatable bonds is 11. The second-order valence-corrected chi connectivity index (χ2v) is 16.3. The second kappa shape index (κ2) is 17.7. The number of amides is 2. The van der Waals surface area contributed by atoms with Gasteiger partial charge in [-0.1, -0.05) is 36.4 Å². The molecule has 0 unspecified atom stereocenters. The molecule has 2 saturated heterocycles. The zero-order valence-electron chi connectivity index (χ0n) is 33.5. The highest BCUT2D eigenvalue weighted by Crippen LogP contribution is 2.33. The van der Waals surface area contributed by atoms with Crippen LogP contribution < -0.4 is 20.7 Å². The molecule has 58 heavy (non-hydrogen) atoms. The average molecular weight is 789 g/mol. The van der Waals surface area contributed by atoms with Crippen LogP contribution in [0.1, 0.15) is 78.3 Å². The summed E-state index contributed by atoms with van der Waals surface area (Å²) < 4.78 is 26.7. The van der Waals surface area contributed by atoms with Gasteiger partial charge in [-0.25, -0.2) is 14.4 Å². The zero-order valence-corrected chi connectivity index (χ0v) is 33.5. The number of para-hydroxylation sites is 1. The highest BCUT2D eigenvalue weighted by molar-refractivity contribution is 6.04. The van der Waals surface area contributed by atoms with E-state index in [0.29, 0.717) is 73.9 Å². The van der Waals surface area contributed by atoms with Gasteiger partial charge >= 0.3 is 0 Å². The van der Waals surface area contributed by atoms with E-state index in [2.05, 4.69) is 85.7 Å². The molecule has 0 bridgehead atoms. The molecule has 2 amide bonds. The lowest BCUT2D eigenvalue weighted by molar-refractivity contribution is -0.00431. The summed E-state index contributed by atoms with van der Waals surface area (Å²) in [5.74, 6) is -0.734. The number of nitrogens with zero attached hydrogens (tertiary/aromatic N) is 4. The Labute approximate surface area is 338 Å². The normalized spacial score (nSPS) is 23.1. The van der Waals surface area contributed by atoms with E-state index in [-0.39, 0.29) is 29.4 Å². The van der Waals surface area contributed by atoms with Crippen LogP contribution in [0.15, 0.2) is 79.3 Å². The van der Waals surface area contributed by atoms with Crippen molar-refractivity contribution >= 4 is 22.8 Å². The summed E-state index contributed by atoms with van der Waals surface area (Å²) in [6.45, 7) is 12.7. The van der Waals surface area contributed by atoms with E-state index in [9.17, 15) is 14.0 Å². The van der Waals surface area contributed by atoms with Crippen LogP contribution in [0.3, 0.4) is 0 Å². The van der Waals surface area contributed by atoms with Gasteiger partial charge in [-0.15, -0.1) is 0 Å². The van der Waals surface area contributed by atoms with E-state index in [1.807, 2.05) is 30.3 Å². The number of benzene rings is 3. The smallest absolute Gasteiger partial charge is 0.257 e. The molecule has 13 heteroatoms. The summed E-state index contributed by atoms with van der Waals surface area (Å²) in [5.41, 5.74) is 6.57. The van der Waals surface area contributed by atoms with Crippen molar-refractivity contribution in [1.82, 2.24) is 40.7 Å². The molecule has 0 radical (unpaired) electrons. The van der Waals surface area contributed by atoms with Gasteiger partial charge in [-0.05, 0) is 99.0 Å². The van der Waals surface area contributed by atoms with Gasteiger partial charge in [0.15, 0.2) is 0 Å². The number of ether oxygens (including phenoxy) is 2. The van der Waals surface area contributed by atoms with Crippen molar-refractivity contribution in [1.29, 1.82) is 0 Å². The Balaban J connectivity index is 0.949. The number of hydrogen-bond donors (Lipinski definition) is 4. The Hall–Kier alpha value is -5.21. The van der Waals surface area contributed by atoms with Crippen molar-refractivity contribution < 1.29 is 23.5 Å². The third-order valence-corrected chi connectivity index (χ3v) is 11.6. The maximum Gasteiger partial charge on any atom is 0.257 e. The van der Waals surface area contributed by atoms with E-state index < -0.39 is 11.7 Å². The molecular formula is C45H53FN8O4. The molecule has 3 aromatic carbocycles. The third kappa shape index (κ3) is 9.39. The molecule has 3 atom stereocenters. The maximum absolute atomic E-state index is 14.6. The van der Waals surface area contributed by atoms with Gasteiger partial charge in [-0.2, -0.15) is 0 Å². The lowest BCUT2D eigenvalue weighted by Crippen LogP contribution is -2.53. The zero-order chi connectivity index (χ0) is 40.2. The summed E-state index contributed by atoms with van der Waals surface area (Å²) in [6, 6.07) is 22.2. The molecule has 2 aromatic heterocycles. The van der Waals surface area contributed by atoms with Crippen molar-refractivity contribution in [3.63, 3.8) is 0 Å². The number of piperazine rings is 1. The lowest BCUT2D eigenvalue weighted by Gasteiger charge is -2.36. The van der Waals surface area contributed by atoms with E-state index in [4.69, 9.17) is 9.47 Å². The minimum absolute atomic E-state index is 0.0239. The number of aromatic nitrogens is 3. The maximum atomic E-state index is 14.6. The highest BCUT2D eigenvalue weighted by atomic mass is 19.1. The van der Waals surface area contributed by atoms with Crippen molar-refractivity contribution in [3.05, 3.63) is 107 Å². The van der Waals surface area contributed by atoms with Gasteiger partial charge in [0, 0.05) is 62.9 Å². The van der Waals surface area contributed by atoms with E-state index in [0.717, 1.165) is 55.6 Å². The number of fused-ring (bicyclic) bond motifs is 1. The average Bonchev–Trinajstić information content (AvgIpc) is 3.70. The second-order valence-electron chi connectivity index (χ2n) is 16.3. The molecule has 4 heterocycles. The number of carbonyl (C=O) groups excluding carboxylic acids is 2. The highest BCUT2D eigenvalue weighted by Gasteiger charge is 2.27. The van der Waals surface area contributed by atoms with Crippen molar-refractivity contribution in [2.75, 3.05) is 32.8 Å². The number of H-pyrrole nitrogens is 1. The Morgan fingerprint density at radius 2 is 1.62 bits per heavy atom. The first-order chi connectivity index (χ1) is 28.1. The summed E-state index contributed by atoms with van der Waals surface area (Å²) in [4.78, 5) is 43.3. The van der Waals surface area contributed by atoms with Gasteiger partial charge in [0.05, 0.1) is 36.8 Å². The SMILES string of the molecule is C[C@@H]1CN(Cc2ccc(-c3cccc(Oc4ncc(F)cc4C(=O)N[C@H]4CC[C@@H](NC(=O)c5cccc6[nH]cnc56)CC4)c3)c(CN3CCOC[C@@H]3C)c2)C[C@H](C)N1. The van der Waals surface area contributed by atoms with E-state index in [1.165, 1.54) is 17.2 Å². The third-order valence-electron chi connectivity index (χ3n) is 11.6. The fraction of sp³-hybridized carbons (Fsp3) is 0.422. The molecule has 3 fully saturated rings. The largest absolute Gasteiger partial charge is 0.438 e. The van der Waals surface area contributed by atoms with Crippen molar-refractivity contribution in [3.8, 4) is 22.8 Å². The monoisotopic (exact) mass is 788 g/mol. The molecule has 8 rings (SSSR count). The van der Waals surface area contributed by atoms with E-state index in [1.54, 1.807) is 12.4 Å². The van der Waals surface area contributed by atoms with Gasteiger partial charge in [0.2, 0.25) is 5.88 Å². The molecule has 1 saturated carbocycles. The number of morpholine rings is 1. The van der Waals surface area contributed by atoms with Crippen molar-refractivity contribution in [2.24, 2.45) is 0 Å². The van der Waals surface area contributed by atoms with Gasteiger partial charge < -0.3 is 30.4 Å². The molecular weight excluding hydrogens is 736 g/mol. The first-order valence-corrected chi connectivity index (χ1v) is 20.5. The predicted octanol–water partition coefficient (Wildman–Crippen LogP) is 6.43. The number of nitrogens with one attached hydrogen (secondary N) is 4. The standard InChI is InChI=1S/C45H53FN8O4/c1-28-22-53(23-29(2)50-28)24-31-10-15-38(33(18-31)25-54-16-17-57-26-30(54)3)32-6-4-7-37(19-32)58-45-40(20-34(46)21-47-45)44(56)52-36-13-11-35(12-14-36)51-43(55)39-8-5-9-41-42(39)49-27-48-41/h4-10,15,18-21,27-30,35-36,50H,11-14,16-17,22-26H2,1-3H3,(H,48,49)(H,51,55)(H,52,56)/t28-,29+,30-,35-,36+/m0/s1. The number of pyridine rings is 1. The molecule has 3 aliphatic rings. The Bertz CT molecular complexity index is 2230. The topological polar surface area (TPSA) is 137 Å². The van der Waals surface area contributed by atoms with Crippen LogP contribution in [0, 0.1) is 5.82 Å². The minimum Gasteiger partial charge on any atom is -0.438 e. The van der Waals surface area contributed by atoms with Crippen LogP contribution in [0.5, 0.6) is 11.6 Å². The van der Waals surface area contributed by atoms with Crippen LogP contribution >= 0.6 is 0 Å². The van der Waals surface area contributed by atoms with Crippen LogP contribution in [0.25, 0.3) is 22.2 Å². The number of imidazole rings is 1. The first kappa shape index (κ1) is 39.6. The van der Waals surface area contributed by atoms with Crippen molar-refractivity contribution in [2.45, 2.75) is 89.8 Å². The van der Waals surface area contributed by atoms with Crippen LogP contribution in [-0.4, -0.2) is 99.6 Å². The number of halogens is 1. The van der Waals surface area contributed by atoms with Crippen LogP contribution in [-0.2, 0) is 17.8 Å². The quantitative estimate of drug-likeness (QED) is 0.119. The molecule has 1 aliphatic carbocycles. The molecule has 2 aliphatic heterocycles. The number of aromatic amines is 1. The Morgan fingerprint density at radius 3 is 2.38 bits per heavy atom. The van der Waals surface area contributed by atoms with Gasteiger partial charge in [-0.3, -0.25) is 19.4 Å². The Kier molecular flexibility index (Phi) is 12.1. The van der Waals surface area contributed by atoms with Gasteiger partial charge in [0.1, 0.15) is 22.6 Å². The summed E-state index contributed by atoms with van der Waals surface area (Å²) >= 11 is 0. The van der Waals surface area contributed by atoms with E-state index >= 15 is 0 Å². The first-order valence-electron chi connectivity index (χ1n) is 20.5. The molecule has 304 valence electrons. The fourth-order valence-corrected chi connectivity index (χ4v) is 8.77. The summed E-state index contributed by atoms with van der Waals surface area (Å²) in [7, 11) is 0. The number of hydrogen-bond acceptors (Lipinski definition) is 9.